The van der Waals surface area contributed by atoms with Crippen molar-refractivity contribution in [3.05, 3.63) is 64.4 Å². The van der Waals surface area contributed by atoms with Gasteiger partial charge in [0, 0.05) is 37.4 Å². The van der Waals surface area contributed by atoms with Crippen molar-refractivity contribution in [1.29, 1.82) is 0 Å². The molecule has 1 N–H and O–H groups in total. The number of morpholine rings is 1. The quantitative estimate of drug-likeness (QED) is 0.277. The topological polar surface area (TPSA) is 93.5 Å². The molecule has 35 heavy (non-hydrogen) atoms. The van der Waals surface area contributed by atoms with Crippen molar-refractivity contribution in [2.45, 2.75) is 37.2 Å². The number of rotatable bonds is 9. The van der Waals surface area contributed by atoms with Gasteiger partial charge >= 0.3 is 0 Å². The molecule has 3 aromatic rings. The van der Waals surface area contributed by atoms with Gasteiger partial charge in [0.1, 0.15) is 0 Å². The standard InChI is InChI=1S/C26H30N4O4S/c1-18(31)20-7-5-8-21(17-20)27-24(32)19(2)35-26-28-23-10-4-3-9-22(23)25(33)30(26)12-6-11-29-13-15-34-16-14-29/h3-5,7-10,17,19H,6,11-16H2,1-2H3,(H,27,32)/t19-/m0/s1. The van der Waals surface area contributed by atoms with Crippen molar-refractivity contribution in [3.63, 3.8) is 0 Å². The summed E-state index contributed by atoms with van der Waals surface area (Å²) in [5.74, 6) is -0.289. The number of fused-ring (bicyclic) bond motifs is 1. The van der Waals surface area contributed by atoms with Crippen molar-refractivity contribution >= 4 is 40.0 Å². The predicted octanol–water partition coefficient (Wildman–Crippen LogP) is 3.44. The van der Waals surface area contributed by atoms with Gasteiger partial charge in [0.25, 0.3) is 5.56 Å². The predicted molar refractivity (Wildman–Crippen MR) is 138 cm³/mol. The molecule has 8 nitrogen and oxygen atoms in total. The molecule has 184 valence electrons. The highest BCUT2D eigenvalue weighted by atomic mass is 32.2. The van der Waals surface area contributed by atoms with Crippen LogP contribution >= 0.6 is 11.8 Å². The zero-order valence-corrected chi connectivity index (χ0v) is 20.8. The van der Waals surface area contributed by atoms with E-state index in [1.165, 1.54) is 18.7 Å². The number of amides is 1. The molecule has 0 bridgehead atoms. The number of anilines is 1. The van der Waals surface area contributed by atoms with Crippen LogP contribution in [-0.2, 0) is 16.1 Å². The van der Waals surface area contributed by atoms with Gasteiger partial charge in [-0.25, -0.2) is 4.98 Å². The second kappa shape index (κ2) is 11.6. The van der Waals surface area contributed by atoms with Crippen LogP contribution in [0.5, 0.6) is 0 Å². The molecule has 1 fully saturated rings. The number of nitrogens with zero attached hydrogens (tertiary/aromatic N) is 3. The van der Waals surface area contributed by atoms with Crippen LogP contribution < -0.4 is 10.9 Å². The summed E-state index contributed by atoms with van der Waals surface area (Å²) < 4.78 is 7.10. The number of hydrogen-bond acceptors (Lipinski definition) is 7. The minimum atomic E-state index is -0.505. The van der Waals surface area contributed by atoms with E-state index in [0.717, 1.165) is 39.3 Å². The molecule has 9 heteroatoms. The average molecular weight is 495 g/mol. The number of thioether (sulfide) groups is 1. The maximum atomic E-state index is 13.3. The highest BCUT2D eigenvalue weighted by molar-refractivity contribution is 8.00. The van der Waals surface area contributed by atoms with Gasteiger partial charge in [-0.15, -0.1) is 0 Å². The maximum absolute atomic E-state index is 13.3. The molecule has 2 heterocycles. The summed E-state index contributed by atoms with van der Waals surface area (Å²) >= 11 is 1.26. The summed E-state index contributed by atoms with van der Waals surface area (Å²) in [6, 6.07) is 14.1. The highest BCUT2D eigenvalue weighted by Crippen LogP contribution is 2.24. The number of para-hydroxylation sites is 1. The van der Waals surface area contributed by atoms with Gasteiger partial charge in [-0.05, 0) is 44.5 Å². The number of ether oxygens (including phenoxy) is 1. The third kappa shape index (κ3) is 6.36. The lowest BCUT2D eigenvalue weighted by atomic mass is 10.1. The largest absolute Gasteiger partial charge is 0.379 e. The van der Waals surface area contributed by atoms with Gasteiger partial charge < -0.3 is 10.1 Å². The van der Waals surface area contributed by atoms with E-state index < -0.39 is 5.25 Å². The van der Waals surface area contributed by atoms with E-state index in [1.54, 1.807) is 41.8 Å². The first-order valence-corrected chi connectivity index (χ1v) is 12.7. The van der Waals surface area contributed by atoms with Crippen molar-refractivity contribution in [2.75, 3.05) is 38.2 Å². The molecule has 2 aromatic carbocycles. The average Bonchev–Trinajstić information content (AvgIpc) is 2.86. The lowest BCUT2D eigenvalue weighted by molar-refractivity contribution is -0.115. The summed E-state index contributed by atoms with van der Waals surface area (Å²) in [6.07, 6.45) is 0.798. The molecule has 0 unspecified atom stereocenters. The summed E-state index contributed by atoms with van der Waals surface area (Å²) in [5, 5.41) is 3.46. The smallest absolute Gasteiger partial charge is 0.262 e. The molecule has 1 amide bonds. The Morgan fingerprint density at radius 1 is 1.11 bits per heavy atom. The van der Waals surface area contributed by atoms with Gasteiger partial charge in [0.15, 0.2) is 10.9 Å². The minimum Gasteiger partial charge on any atom is -0.379 e. The van der Waals surface area contributed by atoms with E-state index in [9.17, 15) is 14.4 Å². The molecule has 1 atom stereocenters. The number of carbonyl (C=O) groups is 2. The fraction of sp³-hybridized carbons (Fsp3) is 0.385. The molecule has 1 aromatic heterocycles. The fourth-order valence-electron chi connectivity index (χ4n) is 3.98. The van der Waals surface area contributed by atoms with Crippen LogP contribution in [-0.4, -0.2) is 64.2 Å². The highest BCUT2D eigenvalue weighted by Gasteiger charge is 2.20. The molecular weight excluding hydrogens is 464 g/mol. The summed E-state index contributed by atoms with van der Waals surface area (Å²) in [5.41, 5.74) is 1.62. The lowest BCUT2D eigenvalue weighted by Crippen LogP contribution is -2.37. The van der Waals surface area contributed by atoms with Crippen LogP contribution in [0.1, 0.15) is 30.6 Å². The van der Waals surface area contributed by atoms with E-state index in [2.05, 4.69) is 10.2 Å². The second-order valence-corrected chi connectivity index (χ2v) is 9.87. The number of carbonyl (C=O) groups excluding carboxylic acids is 2. The van der Waals surface area contributed by atoms with Crippen LogP contribution in [0, 0.1) is 0 Å². The van der Waals surface area contributed by atoms with Gasteiger partial charge in [-0.3, -0.25) is 23.9 Å². The van der Waals surface area contributed by atoms with Crippen molar-refractivity contribution in [2.24, 2.45) is 0 Å². The van der Waals surface area contributed by atoms with Crippen molar-refractivity contribution in [1.82, 2.24) is 14.5 Å². The zero-order chi connectivity index (χ0) is 24.8. The van der Waals surface area contributed by atoms with Crippen LogP contribution in [0.15, 0.2) is 58.5 Å². The first kappa shape index (κ1) is 25.1. The summed E-state index contributed by atoms with van der Waals surface area (Å²) in [4.78, 5) is 45.0. The van der Waals surface area contributed by atoms with Crippen LogP contribution in [0.25, 0.3) is 10.9 Å². The van der Waals surface area contributed by atoms with Gasteiger partial charge in [-0.1, -0.05) is 36.0 Å². The van der Waals surface area contributed by atoms with Crippen molar-refractivity contribution in [3.8, 4) is 0 Å². The molecular formula is C26H30N4O4S. The minimum absolute atomic E-state index is 0.0648. The Hall–Kier alpha value is -3.01. The molecule has 1 aliphatic heterocycles. The third-order valence-corrected chi connectivity index (χ3v) is 7.06. The number of ketones is 1. The maximum Gasteiger partial charge on any atom is 0.262 e. The van der Waals surface area contributed by atoms with E-state index in [1.807, 2.05) is 18.2 Å². The molecule has 0 saturated carbocycles. The molecule has 4 rings (SSSR count). The molecule has 0 aliphatic carbocycles. The van der Waals surface area contributed by atoms with Gasteiger partial charge in [-0.2, -0.15) is 0 Å². The number of nitrogens with one attached hydrogen (secondary N) is 1. The summed E-state index contributed by atoms with van der Waals surface area (Å²) in [6.45, 7) is 7.93. The van der Waals surface area contributed by atoms with Crippen LogP contribution in [0.3, 0.4) is 0 Å². The Labute approximate surface area is 208 Å². The third-order valence-electron chi connectivity index (χ3n) is 5.97. The Bertz CT molecular complexity index is 1270. The number of aromatic nitrogens is 2. The van der Waals surface area contributed by atoms with Crippen LogP contribution in [0.4, 0.5) is 5.69 Å². The van der Waals surface area contributed by atoms with Gasteiger partial charge in [0.05, 0.1) is 29.4 Å². The van der Waals surface area contributed by atoms with Gasteiger partial charge in [0.2, 0.25) is 5.91 Å². The van der Waals surface area contributed by atoms with E-state index in [-0.39, 0.29) is 17.2 Å². The molecule has 1 saturated heterocycles. The normalized spacial score (nSPS) is 15.1. The Balaban J connectivity index is 1.51. The second-order valence-electron chi connectivity index (χ2n) is 8.56. The number of hydrogen-bond donors (Lipinski definition) is 1. The number of Topliss-reactive ketones (excluding diaryl/α,β-unsaturated/α-hetero) is 1. The molecule has 1 aliphatic rings. The molecule has 0 spiro atoms. The zero-order valence-electron chi connectivity index (χ0n) is 20.0. The Morgan fingerprint density at radius 3 is 2.66 bits per heavy atom. The van der Waals surface area contributed by atoms with E-state index in [4.69, 9.17) is 9.72 Å². The monoisotopic (exact) mass is 494 g/mol. The van der Waals surface area contributed by atoms with Crippen LogP contribution in [0.2, 0.25) is 0 Å². The van der Waals surface area contributed by atoms with E-state index in [0.29, 0.717) is 33.9 Å². The van der Waals surface area contributed by atoms with Crippen molar-refractivity contribution < 1.29 is 14.3 Å². The lowest BCUT2D eigenvalue weighted by Gasteiger charge is -2.26. The summed E-state index contributed by atoms with van der Waals surface area (Å²) in [7, 11) is 0. The number of benzene rings is 2. The first-order valence-electron chi connectivity index (χ1n) is 11.8. The Kier molecular flexibility index (Phi) is 8.33. The molecule has 0 radical (unpaired) electrons. The Morgan fingerprint density at radius 2 is 1.89 bits per heavy atom. The first-order chi connectivity index (χ1) is 16.9. The fourth-order valence-corrected chi connectivity index (χ4v) is 4.92. The SMILES string of the molecule is CC(=O)c1cccc(NC(=O)[C@H](C)Sc2nc3ccccc3c(=O)n2CCCN2CCOCC2)c1. The van der Waals surface area contributed by atoms with E-state index >= 15 is 0 Å².